The van der Waals surface area contributed by atoms with Crippen LogP contribution in [0.25, 0.3) is 44.6 Å². The first kappa shape index (κ1) is 18.7. The molecule has 0 saturated heterocycles. The van der Waals surface area contributed by atoms with E-state index >= 15 is 0 Å². The first-order valence-electron chi connectivity index (χ1n) is 9.89. The Hall–Kier alpha value is -3.29. The van der Waals surface area contributed by atoms with E-state index in [0.717, 1.165) is 33.1 Å². The van der Waals surface area contributed by atoms with Gasteiger partial charge in [-0.3, -0.25) is 5.32 Å². The average molecular weight is 416 g/mol. The third-order valence-electron chi connectivity index (χ3n) is 5.02. The number of benzene rings is 2. The zero-order valence-corrected chi connectivity index (χ0v) is 17.5. The second kappa shape index (κ2) is 7.51. The predicted octanol–water partition coefficient (Wildman–Crippen LogP) is 5.52. The van der Waals surface area contributed by atoms with Crippen LogP contribution in [0.1, 0.15) is 13.8 Å². The zero-order valence-electron chi connectivity index (χ0n) is 16.7. The van der Waals surface area contributed by atoms with E-state index < -0.39 is 0 Å². The van der Waals surface area contributed by atoms with Gasteiger partial charge in [0.05, 0.1) is 17.9 Å². The van der Waals surface area contributed by atoms with Crippen LogP contribution in [0.2, 0.25) is 0 Å². The highest BCUT2D eigenvalue weighted by atomic mass is 32.1. The number of aromatic amines is 1. The van der Waals surface area contributed by atoms with E-state index in [1.54, 1.807) is 4.68 Å². The molecule has 0 saturated carbocycles. The first-order chi connectivity index (χ1) is 14.6. The summed E-state index contributed by atoms with van der Waals surface area (Å²) in [6, 6.07) is 20.7. The molecule has 0 unspecified atom stereocenters. The van der Waals surface area contributed by atoms with Gasteiger partial charge in [0.1, 0.15) is 5.69 Å². The lowest BCUT2D eigenvalue weighted by molar-refractivity contribution is 0.441. The number of nitrogens with zero attached hydrogens (tertiary/aromatic N) is 3. The molecule has 2 aromatic carbocycles. The van der Waals surface area contributed by atoms with E-state index in [1.165, 1.54) is 0 Å². The Morgan fingerprint density at radius 2 is 1.83 bits per heavy atom. The lowest BCUT2D eigenvalue weighted by atomic mass is 10.1. The monoisotopic (exact) mass is 415 g/mol. The second-order valence-electron chi connectivity index (χ2n) is 7.50. The van der Waals surface area contributed by atoms with Gasteiger partial charge in [0.15, 0.2) is 0 Å². The maximum absolute atomic E-state index is 5.82. The fraction of sp³-hybridized carbons (Fsp3) is 0.174. The van der Waals surface area contributed by atoms with Gasteiger partial charge >= 0.3 is 0 Å². The van der Waals surface area contributed by atoms with Gasteiger partial charge in [-0.25, -0.2) is 9.67 Å². The highest BCUT2D eigenvalue weighted by Crippen LogP contribution is 2.34. The van der Waals surface area contributed by atoms with Crippen LogP contribution in [0.5, 0.6) is 0 Å². The molecule has 0 spiro atoms. The lowest BCUT2D eigenvalue weighted by Crippen LogP contribution is -2.26. The van der Waals surface area contributed by atoms with E-state index in [-0.39, 0.29) is 0 Å². The Bertz CT molecular complexity index is 1400. The average Bonchev–Trinajstić information content (AvgIpc) is 3.32. The molecule has 0 atom stereocenters. The van der Waals surface area contributed by atoms with Crippen molar-refractivity contribution in [3.63, 3.8) is 0 Å². The molecule has 7 heteroatoms. The maximum atomic E-state index is 5.82. The number of rotatable bonds is 5. The summed E-state index contributed by atoms with van der Waals surface area (Å²) in [5, 5.41) is 10.1. The van der Waals surface area contributed by atoms with Gasteiger partial charge in [-0.15, -0.1) is 5.10 Å². The maximum Gasteiger partial charge on any atom is 0.288 e. The highest BCUT2D eigenvalue weighted by molar-refractivity contribution is 7.71. The molecular weight excluding hydrogens is 394 g/mol. The van der Waals surface area contributed by atoms with Crippen LogP contribution in [-0.4, -0.2) is 25.8 Å². The van der Waals surface area contributed by atoms with Crippen molar-refractivity contribution < 1.29 is 4.42 Å². The molecule has 6 nitrogen and oxygen atoms in total. The van der Waals surface area contributed by atoms with Crippen molar-refractivity contribution in [3.05, 3.63) is 65.5 Å². The standard InChI is InChI=1S/C23H21N5OS/c1-14(2)24-13-28-23(30)29-22(27-28)19-12-17-16-10-6-7-11-18(16)25-21(17)20(26-19)15-8-4-3-5-9-15/h3-12,14,24-25H,13H2,1-2H3. The Morgan fingerprint density at radius 3 is 2.63 bits per heavy atom. The number of para-hydroxylation sites is 1. The van der Waals surface area contributed by atoms with Crippen LogP contribution in [-0.2, 0) is 6.67 Å². The smallest absolute Gasteiger partial charge is 0.288 e. The minimum Gasteiger partial charge on any atom is -0.408 e. The topological polar surface area (TPSA) is 71.7 Å². The van der Waals surface area contributed by atoms with E-state index in [0.29, 0.717) is 29.1 Å². The summed E-state index contributed by atoms with van der Waals surface area (Å²) in [6.07, 6.45) is 0. The molecule has 2 N–H and O–H groups in total. The molecule has 5 rings (SSSR count). The summed E-state index contributed by atoms with van der Waals surface area (Å²) < 4.78 is 7.46. The summed E-state index contributed by atoms with van der Waals surface area (Å²) in [5.41, 5.74) is 4.59. The molecule has 5 aromatic rings. The minimum atomic E-state index is 0.317. The SMILES string of the molecule is CC(C)NCn1nc(-c2cc3c([nH]c4ccccc43)c(-c3ccccc3)n2)oc1=S. The van der Waals surface area contributed by atoms with Crippen molar-refractivity contribution in [1.82, 2.24) is 25.1 Å². The Kier molecular flexibility index (Phi) is 4.69. The minimum absolute atomic E-state index is 0.317. The predicted molar refractivity (Wildman–Crippen MR) is 122 cm³/mol. The Morgan fingerprint density at radius 1 is 1.07 bits per heavy atom. The van der Waals surface area contributed by atoms with Gasteiger partial charge in [0.25, 0.3) is 10.7 Å². The Balaban J connectivity index is 1.73. The molecule has 30 heavy (non-hydrogen) atoms. The van der Waals surface area contributed by atoms with Crippen LogP contribution >= 0.6 is 12.2 Å². The molecule has 0 aliphatic rings. The largest absolute Gasteiger partial charge is 0.408 e. The van der Waals surface area contributed by atoms with Crippen LogP contribution < -0.4 is 5.32 Å². The summed E-state index contributed by atoms with van der Waals surface area (Å²) in [4.78, 5) is 8.76. The van der Waals surface area contributed by atoms with Gasteiger partial charge in [-0.1, -0.05) is 48.5 Å². The molecular formula is C23H21N5OS. The fourth-order valence-corrected chi connectivity index (χ4v) is 3.72. The van der Waals surface area contributed by atoms with Gasteiger partial charge in [-0.05, 0) is 38.2 Å². The summed E-state index contributed by atoms with van der Waals surface area (Å²) in [6.45, 7) is 4.63. The molecule has 0 radical (unpaired) electrons. The quantitative estimate of drug-likeness (QED) is 0.370. The molecule has 3 aromatic heterocycles. The van der Waals surface area contributed by atoms with Gasteiger partial charge in [0, 0.05) is 27.9 Å². The molecule has 0 amide bonds. The third-order valence-corrected chi connectivity index (χ3v) is 5.31. The number of hydrogen-bond acceptors (Lipinski definition) is 5. The van der Waals surface area contributed by atoms with E-state index in [2.05, 4.69) is 53.5 Å². The molecule has 0 aliphatic carbocycles. The van der Waals surface area contributed by atoms with Crippen molar-refractivity contribution in [1.29, 1.82) is 0 Å². The van der Waals surface area contributed by atoms with Crippen LogP contribution in [0.3, 0.4) is 0 Å². The van der Waals surface area contributed by atoms with Crippen LogP contribution in [0, 0.1) is 4.84 Å². The zero-order chi connectivity index (χ0) is 20.7. The molecule has 150 valence electrons. The molecule has 3 heterocycles. The molecule has 0 aliphatic heterocycles. The number of fused-ring (bicyclic) bond motifs is 3. The first-order valence-corrected chi connectivity index (χ1v) is 10.3. The lowest BCUT2D eigenvalue weighted by Gasteiger charge is -2.06. The van der Waals surface area contributed by atoms with Crippen molar-refractivity contribution in [3.8, 4) is 22.8 Å². The normalized spacial score (nSPS) is 11.7. The highest BCUT2D eigenvalue weighted by Gasteiger charge is 2.17. The van der Waals surface area contributed by atoms with E-state index in [1.807, 2.05) is 36.4 Å². The fourth-order valence-electron chi connectivity index (χ4n) is 3.54. The van der Waals surface area contributed by atoms with E-state index in [9.17, 15) is 0 Å². The van der Waals surface area contributed by atoms with Gasteiger partial charge in [-0.2, -0.15) is 0 Å². The van der Waals surface area contributed by atoms with Crippen molar-refractivity contribution in [2.45, 2.75) is 26.6 Å². The number of pyridine rings is 1. The van der Waals surface area contributed by atoms with Crippen LogP contribution in [0.4, 0.5) is 0 Å². The van der Waals surface area contributed by atoms with Crippen LogP contribution in [0.15, 0.2) is 65.1 Å². The van der Waals surface area contributed by atoms with Crippen molar-refractivity contribution >= 4 is 34.0 Å². The Labute approximate surface area is 178 Å². The van der Waals surface area contributed by atoms with E-state index in [4.69, 9.17) is 21.6 Å². The number of nitrogens with one attached hydrogen (secondary N) is 2. The second-order valence-corrected chi connectivity index (χ2v) is 7.85. The summed E-state index contributed by atoms with van der Waals surface area (Å²) in [5.74, 6) is 0.412. The number of hydrogen-bond donors (Lipinski definition) is 2. The summed E-state index contributed by atoms with van der Waals surface area (Å²) >= 11 is 5.37. The number of aromatic nitrogens is 4. The van der Waals surface area contributed by atoms with Crippen molar-refractivity contribution in [2.24, 2.45) is 0 Å². The van der Waals surface area contributed by atoms with Gasteiger partial charge < -0.3 is 9.40 Å². The summed E-state index contributed by atoms with van der Waals surface area (Å²) in [7, 11) is 0. The number of H-pyrrole nitrogens is 1. The van der Waals surface area contributed by atoms with Gasteiger partial charge in [0.2, 0.25) is 0 Å². The van der Waals surface area contributed by atoms with Crippen molar-refractivity contribution in [2.75, 3.05) is 0 Å². The molecule has 0 fully saturated rings. The molecule has 0 bridgehead atoms. The third kappa shape index (κ3) is 3.32.